The lowest BCUT2D eigenvalue weighted by atomic mass is 10.1. The van der Waals surface area contributed by atoms with Crippen LogP contribution in [0.4, 0.5) is 11.5 Å². The smallest absolute Gasteiger partial charge is 0.224 e. The largest absolute Gasteiger partial charge is 0.395 e. The third kappa shape index (κ3) is 3.23. The number of nitrogens with zero attached hydrogens (tertiary/aromatic N) is 3. The third-order valence-electron chi connectivity index (χ3n) is 3.09. The standard InChI is InChI=1S/C12H21ClN4O/c1-4-9(5-2)17(6-7-18)11-10(14)8(3)15-12(13)16-11/h9,18H,4-7,14H2,1-3H3. The highest BCUT2D eigenvalue weighted by Gasteiger charge is 2.20. The first-order valence-corrected chi connectivity index (χ1v) is 6.60. The molecule has 1 heterocycles. The first kappa shape index (κ1) is 15.0. The molecule has 0 fully saturated rings. The van der Waals surface area contributed by atoms with Gasteiger partial charge < -0.3 is 15.7 Å². The zero-order valence-electron chi connectivity index (χ0n) is 11.1. The first-order chi connectivity index (χ1) is 8.54. The van der Waals surface area contributed by atoms with Gasteiger partial charge in [0.1, 0.15) is 0 Å². The highest BCUT2D eigenvalue weighted by Crippen LogP contribution is 2.27. The minimum Gasteiger partial charge on any atom is -0.395 e. The molecule has 0 spiro atoms. The average molecular weight is 273 g/mol. The lowest BCUT2D eigenvalue weighted by molar-refractivity contribution is 0.295. The van der Waals surface area contributed by atoms with Gasteiger partial charge in [-0.05, 0) is 31.4 Å². The zero-order valence-corrected chi connectivity index (χ0v) is 11.9. The molecule has 0 aliphatic carbocycles. The third-order valence-corrected chi connectivity index (χ3v) is 3.25. The Balaban J connectivity index is 3.20. The van der Waals surface area contributed by atoms with Gasteiger partial charge in [-0.15, -0.1) is 0 Å². The number of nitrogen functional groups attached to an aromatic ring is 1. The molecule has 102 valence electrons. The lowest BCUT2D eigenvalue weighted by Crippen LogP contribution is -2.38. The molecule has 6 heteroatoms. The highest BCUT2D eigenvalue weighted by atomic mass is 35.5. The van der Waals surface area contributed by atoms with Crippen molar-refractivity contribution in [3.05, 3.63) is 11.0 Å². The van der Waals surface area contributed by atoms with Gasteiger partial charge in [-0.1, -0.05) is 13.8 Å². The van der Waals surface area contributed by atoms with Crippen molar-refractivity contribution in [2.24, 2.45) is 0 Å². The van der Waals surface area contributed by atoms with E-state index in [9.17, 15) is 5.11 Å². The second-order valence-electron chi connectivity index (χ2n) is 4.20. The number of aryl methyl sites for hydroxylation is 1. The average Bonchev–Trinajstić information content (AvgIpc) is 2.34. The van der Waals surface area contributed by atoms with Gasteiger partial charge in [0.2, 0.25) is 5.28 Å². The summed E-state index contributed by atoms with van der Waals surface area (Å²) in [6.07, 6.45) is 1.91. The summed E-state index contributed by atoms with van der Waals surface area (Å²) >= 11 is 5.89. The van der Waals surface area contributed by atoms with E-state index in [4.69, 9.17) is 17.3 Å². The Labute approximate surface area is 113 Å². The summed E-state index contributed by atoms with van der Waals surface area (Å²) in [4.78, 5) is 10.3. The van der Waals surface area contributed by atoms with Crippen molar-refractivity contribution >= 4 is 23.1 Å². The number of rotatable bonds is 6. The molecule has 1 aromatic heterocycles. The Hall–Kier alpha value is -1.07. The van der Waals surface area contributed by atoms with Gasteiger partial charge in [-0.2, -0.15) is 4.98 Å². The predicted octanol–water partition coefficient (Wildman–Crippen LogP) is 2.01. The van der Waals surface area contributed by atoms with Crippen LogP contribution in [0.2, 0.25) is 5.28 Å². The minimum atomic E-state index is 0.0522. The van der Waals surface area contributed by atoms with Crippen LogP contribution in [-0.4, -0.2) is 34.3 Å². The molecular weight excluding hydrogens is 252 g/mol. The molecule has 0 bridgehead atoms. The van der Waals surface area contributed by atoms with Gasteiger partial charge in [0.05, 0.1) is 18.0 Å². The molecule has 18 heavy (non-hydrogen) atoms. The maximum absolute atomic E-state index is 9.21. The molecule has 5 nitrogen and oxygen atoms in total. The predicted molar refractivity (Wildman–Crippen MR) is 75.0 cm³/mol. The van der Waals surface area contributed by atoms with Gasteiger partial charge in [-0.25, -0.2) is 4.98 Å². The summed E-state index contributed by atoms with van der Waals surface area (Å²) in [5.74, 6) is 0.621. The van der Waals surface area contributed by atoms with Crippen LogP contribution in [0.3, 0.4) is 0 Å². The number of hydrogen-bond acceptors (Lipinski definition) is 5. The van der Waals surface area contributed by atoms with E-state index in [1.54, 1.807) is 6.92 Å². The highest BCUT2D eigenvalue weighted by molar-refractivity contribution is 6.28. The molecule has 1 rings (SSSR count). The Morgan fingerprint density at radius 2 is 1.94 bits per heavy atom. The lowest BCUT2D eigenvalue weighted by Gasteiger charge is -2.32. The Bertz CT molecular complexity index is 396. The summed E-state index contributed by atoms with van der Waals surface area (Å²) in [6, 6.07) is 0.282. The molecular formula is C12H21ClN4O. The summed E-state index contributed by atoms with van der Waals surface area (Å²) in [5, 5.41) is 9.39. The molecule has 0 radical (unpaired) electrons. The van der Waals surface area contributed by atoms with Crippen molar-refractivity contribution in [2.45, 2.75) is 39.7 Å². The fraction of sp³-hybridized carbons (Fsp3) is 0.667. The Kier molecular flexibility index (Phi) is 5.62. The van der Waals surface area contributed by atoms with Crippen LogP contribution in [0, 0.1) is 6.92 Å². The summed E-state index contributed by atoms with van der Waals surface area (Å²) < 4.78 is 0. The van der Waals surface area contributed by atoms with Crippen molar-refractivity contribution in [1.29, 1.82) is 0 Å². The second kappa shape index (κ2) is 6.75. The molecule has 0 unspecified atom stereocenters. The van der Waals surface area contributed by atoms with E-state index in [-0.39, 0.29) is 17.9 Å². The van der Waals surface area contributed by atoms with Gasteiger partial charge in [-0.3, -0.25) is 0 Å². The number of halogens is 1. The maximum Gasteiger partial charge on any atom is 0.224 e. The van der Waals surface area contributed by atoms with Crippen molar-refractivity contribution < 1.29 is 5.11 Å². The molecule has 0 aliphatic heterocycles. The monoisotopic (exact) mass is 272 g/mol. The van der Waals surface area contributed by atoms with Gasteiger partial charge >= 0.3 is 0 Å². The fourth-order valence-corrected chi connectivity index (χ4v) is 2.26. The van der Waals surface area contributed by atoms with Crippen molar-refractivity contribution in [2.75, 3.05) is 23.8 Å². The van der Waals surface area contributed by atoms with E-state index >= 15 is 0 Å². The molecule has 0 aliphatic rings. The Morgan fingerprint density at radius 1 is 1.33 bits per heavy atom. The van der Waals surface area contributed by atoms with Gasteiger partial charge in [0.15, 0.2) is 5.82 Å². The summed E-state index contributed by atoms with van der Waals surface area (Å²) in [7, 11) is 0. The normalized spacial score (nSPS) is 11.0. The molecule has 0 amide bonds. The topological polar surface area (TPSA) is 75.3 Å². The van der Waals surface area contributed by atoms with Crippen LogP contribution in [0.15, 0.2) is 0 Å². The van der Waals surface area contributed by atoms with E-state index < -0.39 is 0 Å². The summed E-state index contributed by atoms with van der Waals surface area (Å²) in [5.41, 5.74) is 7.22. The molecule has 0 aromatic carbocycles. The number of aromatic nitrogens is 2. The SMILES string of the molecule is CCC(CC)N(CCO)c1nc(Cl)nc(C)c1N. The van der Waals surface area contributed by atoms with E-state index in [1.807, 2.05) is 4.90 Å². The summed E-state index contributed by atoms with van der Waals surface area (Å²) in [6.45, 7) is 6.55. The van der Waals surface area contributed by atoms with Crippen LogP contribution >= 0.6 is 11.6 Å². The van der Waals surface area contributed by atoms with E-state index in [1.165, 1.54) is 0 Å². The number of anilines is 2. The van der Waals surface area contributed by atoms with Crippen LogP contribution in [-0.2, 0) is 0 Å². The van der Waals surface area contributed by atoms with Crippen molar-refractivity contribution in [3.8, 4) is 0 Å². The number of aliphatic hydroxyl groups is 1. The number of aliphatic hydroxyl groups excluding tert-OH is 1. The van der Waals surface area contributed by atoms with Crippen molar-refractivity contribution in [1.82, 2.24) is 9.97 Å². The molecule has 0 saturated carbocycles. The van der Waals surface area contributed by atoms with E-state index in [0.717, 1.165) is 12.8 Å². The molecule has 0 atom stereocenters. The number of hydrogen-bond donors (Lipinski definition) is 2. The second-order valence-corrected chi connectivity index (χ2v) is 4.54. The van der Waals surface area contributed by atoms with Crippen LogP contribution in [0.1, 0.15) is 32.4 Å². The van der Waals surface area contributed by atoms with E-state index in [0.29, 0.717) is 23.7 Å². The molecule has 1 aromatic rings. The first-order valence-electron chi connectivity index (χ1n) is 6.22. The molecule has 3 N–H and O–H groups in total. The Morgan fingerprint density at radius 3 is 2.44 bits per heavy atom. The van der Waals surface area contributed by atoms with Crippen molar-refractivity contribution in [3.63, 3.8) is 0 Å². The van der Waals surface area contributed by atoms with Crippen LogP contribution < -0.4 is 10.6 Å². The number of nitrogens with two attached hydrogens (primary N) is 1. The quantitative estimate of drug-likeness (QED) is 0.775. The van der Waals surface area contributed by atoms with Crippen LogP contribution in [0.25, 0.3) is 0 Å². The zero-order chi connectivity index (χ0) is 13.7. The fourth-order valence-electron chi connectivity index (χ4n) is 2.05. The van der Waals surface area contributed by atoms with Gasteiger partial charge in [0, 0.05) is 12.6 Å². The van der Waals surface area contributed by atoms with Gasteiger partial charge in [0.25, 0.3) is 0 Å². The maximum atomic E-state index is 9.21. The van der Waals surface area contributed by atoms with E-state index in [2.05, 4.69) is 23.8 Å². The molecule has 0 saturated heterocycles. The van der Waals surface area contributed by atoms with Crippen LogP contribution in [0.5, 0.6) is 0 Å². The minimum absolute atomic E-state index is 0.0522.